The summed E-state index contributed by atoms with van der Waals surface area (Å²) in [4.78, 5) is 16.0. The molecule has 0 aliphatic rings. The molecule has 2 aromatic carbocycles. The van der Waals surface area contributed by atoms with Crippen LogP contribution in [0.3, 0.4) is 0 Å². The first kappa shape index (κ1) is 17.7. The first-order valence-corrected chi connectivity index (χ1v) is 9.33. The zero-order valence-corrected chi connectivity index (χ0v) is 16.1. The molecule has 3 rings (SSSR count). The Kier molecular flexibility index (Phi) is 5.55. The number of halogens is 1. The van der Waals surface area contributed by atoms with E-state index in [1.165, 1.54) is 11.3 Å². The monoisotopic (exact) mass is 421 g/mol. The van der Waals surface area contributed by atoms with Gasteiger partial charge in [0.15, 0.2) is 6.10 Å². The lowest BCUT2D eigenvalue weighted by Crippen LogP contribution is -2.25. The van der Waals surface area contributed by atoms with E-state index in [9.17, 15) is 4.79 Å². The summed E-state index contributed by atoms with van der Waals surface area (Å²) in [5.41, 5.74) is 0.887. The molecule has 0 N–H and O–H groups in total. The van der Waals surface area contributed by atoms with Crippen molar-refractivity contribution in [3.05, 3.63) is 46.9 Å². The summed E-state index contributed by atoms with van der Waals surface area (Å²) in [6, 6.07) is 13.0. The molecule has 1 heterocycles. The van der Waals surface area contributed by atoms with Crippen molar-refractivity contribution in [2.45, 2.75) is 20.0 Å². The van der Waals surface area contributed by atoms with Gasteiger partial charge in [0.2, 0.25) is 0 Å². The molecule has 0 spiro atoms. The number of carbonyl (C=O) groups excluding carboxylic acids is 1. The molecule has 0 saturated heterocycles. The minimum Gasteiger partial charge on any atom is -0.479 e. The highest BCUT2D eigenvalue weighted by Gasteiger charge is 2.15. The molecule has 25 heavy (non-hydrogen) atoms. The summed E-state index contributed by atoms with van der Waals surface area (Å²) < 4.78 is 18.3. The highest BCUT2D eigenvalue weighted by Crippen LogP contribution is 2.33. The van der Waals surface area contributed by atoms with Crippen LogP contribution >= 0.6 is 27.3 Å². The van der Waals surface area contributed by atoms with Gasteiger partial charge >= 0.3 is 5.97 Å². The molecule has 0 saturated carbocycles. The van der Waals surface area contributed by atoms with Crippen molar-refractivity contribution in [1.82, 2.24) is 4.98 Å². The van der Waals surface area contributed by atoms with E-state index < -0.39 is 6.10 Å². The van der Waals surface area contributed by atoms with Crippen LogP contribution in [0.5, 0.6) is 16.7 Å². The number of esters is 1. The number of thiazole rings is 1. The third kappa shape index (κ3) is 4.49. The molecule has 0 unspecified atom stereocenters. The van der Waals surface area contributed by atoms with E-state index in [-0.39, 0.29) is 5.97 Å². The maximum atomic E-state index is 11.6. The van der Waals surface area contributed by atoms with Crippen molar-refractivity contribution in [1.29, 1.82) is 0 Å². The highest BCUT2D eigenvalue weighted by molar-refractivity contribution is 9.10. The van der Waals surface area contributed by atoms with Gasteiger partial charge in [-0.15, -0.1) is 0 Å². The summed E-state index contributed by atoms with van der Waals surface area (Å²) in [5, 5.41) is 0.571. The normalized spacial score (nSPS) is 12.0. The molecule has 130 valence electrons. The summed E-state index contributed by atoms with van der Waals surface area (Å²) >= 11 is 4.91. The van der Waals surface area contributed by atoms with Crippen LogP contribution in [0.1, 0.15) is 13.8 Å². The Hall–Kier alpha value is -2.12. The van der Waals surface area contributed by atoms with Crippen LogP contribution in [0.4, 0.5) is 0 Å². The quantitative estimate of drug-likeness (QED) is 0.513. The number of aromatic nitrogens is 1. The van der Waals surface area contributed by atoms with Gasteiger partial charge in [-0.1, -0.05) is 27.3 Å². The van der Waals surface area contributed by atoms with E-state index in [0.29, 0.717) is 23.3 Å². The van der Waals surface area contributed by atoms with Crippen molar-refractivity contribution < 1.29 is 19.0 Å². The molecule has 0 radical (unpaired) electrons. The van der Waals surface area contributed by atoms with Gasteiger partial charge in [-0.25, -0.2) is 9.78 Å². The van der Waals surface area contributed by atoms with Crippen LogP contribution in [0.2, 0.25) is 0 Å². The molecule has 5 nitrogen and oxygen atoms in total. The fourth-order valence-corrected chi connectivity index (χ4v) is 3.29. The van der Waals surface area contributed by atoms with Crippen LogP contribution in [0.15, 0.2) is 46.9 Å². The fourth-order valence-electron chi connectivity index (χ4n) is 2.12. The summed E-state index contributed by atoms with van der Waals surface area (Å²) in [6.07, 6.45) is -0.658. The average Bonchev–Trinajstić information content (AvgIpc) is 2.98. The number of hydrogen-bond donors (Lipinski definition) is 0. The van der Waals surface area contributed by atoms with Crippen molar-refractivity contribution in [3.8, 4) is 16.7 Å². The summed E-state index contributed by atoms with van der Waals surface area (Å²) in [7, 11) is 0. The minimum atomic E-state index is -0.658. The van der Waals surface area contributed by atoms with E-state index in [2.05, 4.69) is 20.9 Å². The Morgan fingerprint density at radius 1 is 1.20 bits per heavy atom. The molecule has 0 aliphatic carbocycles. The standard InChI is InChI=1S/C18H16BrNO4S/c1-3-22-17(21)11(2)23-13-5-7-14(8-6-13)24-18-20-15-10-12(19)4-9-16(15)25-18/h4-11H,3H2,1-2H3/t11-/m1/s1. The van der Waals surface area contributed by atoms with E-state index in [1.807, 2.05) is 18.2 Å². The molecular weight excluding hydrogens is 406 g/mol. The minimum absolute atomic E-state index is 0.331. The third-order valence-corrected chi connectivity index (χ3v) is 4.70. The van der Waals surface area contributed by atoms with Crippen molar-refractivity contribution in [2.75, 3.05) is 6.61 Å². The molecule has 0 fully saturated rings. The Morgan fingerprint density at radius 2 is 1.92 bits per heavy atom. The van der Waals surface area contributed by atoms with Gasteiger partial charge in [0.05, 0.1) is 16.8 Å². The molecule has 3 aromatic rings. The Bertz CT molecular complexity index is 878. The second kappa shape index (κ2) is 7.84. The third-order valence-electron chi connectivity index (χ3n) is 3.29. The van der Waals surface area contributed by atoms with Crippen LogP contribution in [0, 0.1) is 0 Å². The molecule has 7 heteroatoms. The maximum absolute atomic E-state index is 11.6. The second-order valence-electron chi connectivity index (χ2n) is 5.18. The van der Waals surface area contributed by atoms with E-state index in [4.69, 9.17) is 14.2 Å². The topological polar surface area (TPSA) is 57.7 Å². The zero-order valence-electron chi connectivity index (χ0n) is 13.7. The fraction of sp³-hybridized carbons (Fsp3) is 0.222. The molecular formula is C18H16BrNO4S. The number of ether oxygens (including phenoxy) is 3. The second-order valence-corrected chi connectivity index (χ2v) is 7.09. The number of nitrogens with zero attached hydrogens (tertiary/aromatic N) is 1. The van der Waals surface area contributed by atoms with Crippen LogP contribution < -0.4 is 9.47 Å². The van der Waals surface area contributed by atoms with Gasteiger partial charge in [0.1, 0.15) is 11.5 Å². The number of benzene rings is 2. The van der Waals surface area contributed by atoms with Crippen LogP contribution in [-0.2, 0) is 9.53 Å². The Balaban J connectivity index is 1.66. The molecule has 0 aliphatic heterocycles. The SMILES string of the molecule is CCOC(=O)[C@@H](C)Oc1ccc(Oc2nc3cc(Br)ccc3s2)cc1. The molecule has 1 aromatic heterocycles. The van der Waals surface area contributed by atoms with Gasteiger partial charge in [-0.05, 0) is 56.3 Å². The first-order chi connectivity index (χ1) is 12.0. The molecule has 0 bridgehead atoms. The summed E-state index contributed by atoms with van der Waals surface area (Å²) in [6.45, 7) is 3.75. The van der Waals surface area contributed by atoms with Gasteiger partial charge in [0, 0.05) is 4.47 Å². The smallest absolute Gasteiger partial charge is 0.347 e. The van der Waals surface area contributed by atoms with Crippen LogP contribution in [0.25, 0.3) is 10.2 Å². The van der Waals surface area contributed by atoms with Crippen LogP contribution in [-0.4, -0.2) is 23.7 Å². The lowest BCUT2D eigenvalue weighted by molar-refractivity contribution is -0.150. The van der Waals surface area contributed by atoms with Crippen molar-refractivity contribution in [2.24, 2.45) is 0 Å². The summed E-state index contributed by atoms with van der Waals surface area (Å²) in [5.74, 6) is 0.832. The number of hydrogen-bond acceptors (Lipinski definition) is 6. The van der Waals surface area contributed by atoms with Crippen molar-refractivity contribution in [3.63, 3.8) is 0 Å². The zero-order chi connectivity index (χ0) is 17.8. The Morgan fingerprint density at radius 3 is 2.64 bits per heavy atom. The van der Waals surface area contributed by atoms with Crippen molar-refractivity contribution >= 4 is 43.5 Å². The first-order valence-electron chi connectivity index (χ1n) is 7.72. The predicted molar refractivity (Wildman–Crippen MR) is 101 cm³/mol. The van der Waals surface area contributed by atoms with Gasteiger partial charge in [-0.3, -0.25) is 0 Å². The van der Waals surface area contributed by atoms with Gasteiger partial charge < -0.3 is 14.2 Å². The van der Waals surface area contributed by atoms with Gasteiger partial charge in [0.25, 0.3) is 5.19 Å². The van der Waals surface area contributed by atoms with E-state index >= 15 is 0 Å². The van der Waals surface area contributed by atoms with E-state index in [1.54, 1.807) is 38.1 Å². The Labute approximate surface area is 157 Å². The lowest BCUT2D eigenvalue weighted by Gasteiger charge is -2.13. The highest BCUT2D eigenvalue weighted by atomic mass is 79.9. The predicted octanol–water partition coefficient (Wildman–Crippen LogP) is 5.18. The number of fused-ring (bicyclic) bond motifs is 1. The number of carbonyl (C=O) groups is 1. The number of rotatable bonds is 6. The van der Waals surface area contributed by atoms with Gasteiger partial charge in [-0.2, -0.15) is 0 Å². The molecule has 1 atom stereocenters. The largest absolute Gasteiger partial charge is 0.479 e. The van der Waals surface area contributed by atoms with E-state index in [0.717, 1.165) is 14.7 Å². The lowest BCUT2D eigenvalue weighted by atomic mass is 10.3. The maximum Gasteiger partial charge on any atom is 0.347 e. The average molecular weight is 422 g/mol. The molecule has 0 amide bonds.